The summed E-state index contributed by atoms with van der Waals surface area (Å²) in [4.78, 5) is 19.7. The van der Waals surface area contributed by atoms with Gasteiger partial charge in [0.15, 0.2) is 0 Å². The monoisotopic (exact) mass is 335 g/mol. The summed E-state index contributed by atoms with van der Waals surface area (Å²) < 4.78 is 0. The lowest BCUT2D eigenvalue weighted by molar-refractivity contribution is 0.0758. The van der Waals surface area contributed by atoms with Crippen LogP contribution in [0.2, 0.25) is 0 Å². The van der Waals surface area contributed by atoms with E-state index in [4.69, 9.17) is 0 Å². The fraction of sp³-hybridized carbons (Fsp3) is 0.429. The van der Waals surface area contributed by atoms with E-state index >= 15 is 0 Å². The number of pyridine rings is 1. The second kappa shape index (κ2) is 6.96. The maximum Gasteiger partial charge on any atom is 0.254 e. The molecule has 1 amide bonds. The van der Waals surface area contributed by atoms with Gasteiger partial charge < -0.3 is 10.2 Å². The SMILES string of the molecule is Cc1c(C(=O)N2CC[C@@H]3CNC[C@@H]3CC2)cccc1-c1ccccn1. The first-order valence-electron chi connectivity index (χ1n) is 9.25. The van der Waals surface area contributed by atoms with E-state index in [0.29, 0.717) is 0 Å². The van der Waals surface area contributed by atoms with Crippen LogP contribution in [0.5, 0.6) is 0 Å². The predicted octanol–water partition coefficient (Wildman–Crippen LogP) is 3.13. The molecular formula is C21H25N3O. The van der Waals surface area contributed by atoms with Crippen LogP contribution in [0.4, 0.5) is 0 Å². The van der Waals surface area contributed by atoms with E-state index in [0.717, 1.165) is 73.2 Å². The smallest absolute Gasteiger partial charge is 0.254 e. The molecule has 2 aliphatic heterocycles. The number of nitrogens with zero attached hydrogens (tertiary/aromatic N) is 2. The van der Waals surface area contributed by atoms with Gasteiger partial charge >= 0.3 is 0 Å². The zero-order valence-electron chi connectivity index (χ0n) is 14.7. The topological polar surface area (TPSA) is 45.2 Å². The number of carbonyl (C=O) groups excluding carboxylic acids is 1. The average Bonchev–Trinajstić information content (AvgIpc) is 3.00. The van der Waals surface area contributed by atoms with Crippen molar-refractivity contribution in [1.82, 2.24) is 15.2 Å². The fourth-order valence-electron chi connectivity index (χ4n) is 4.26. The van der Waals surface area contributed by atoms with E-state index in [1.807, 2.05) is 43.3 Å². The Morgan fingerprint density at radius 2 is 1.84 bits per heavy atom. The Labute approximate surface area is 149 Å². The molecular weight excluding hydrogens is 310 g/mol. The molecule has 25 heavy (non-hydrogen) atoms. The number of hydrogen-bond acceptors (Lipinski definition) is 3. The molecule has 1 N–H and O–H groups in total. The van der Waals surface area contributed by atoms with Gasteiger partial charge in [0.2, 0.25) is 0 Å². The zero-order chi connectivity index (χ0) is 17.2. The standard InChI is InChI=1S/C21H25N3O/c1-15-18(20-7-2-3-10-23-20)5-4-6-19(15)21(25)24-11-8-16-13-22-14-17(16)9-12-24/h2-7,10,16-17,22H,8-9,11-14H2,1H3/t16-,17+. The normalized spacial score (nSPS) is 23.2. The summed E-state index contributed by atoms with van der Waals surface area (Å²) >= 11 is 0. The van der Waals surface area contributed by atoms with Gasteiger partial charge in [0.1, 0.15) is 0 Å². The van der Waals surface area contributed by atoms with Gasteiger partial charge in [-0.05, 0) is 68.5 Å². The first kappa shape index (κ1) is 16.3. The van der Waals surface area contributed by atoms with E-state index in [1.165, 1.54) is 0 Å². The minimum absolute atomic E-state index is 0.170. The first-order chi connectivity index (χ1) is 12.2. The van der Waals surface area contributed by atoms with Crippen molar-refractivity contribution in [2.24, 2.45) is 11.8 Å². The average molecular weight is 335 g/mol. The highest BCUT2D eigenvalue weighted by Crippen LogP contribution is 2.29. The number of benzene rings is 1. The molecule has 4 heteroatoms. The van der Waals surface area contributed by atoms with Gasteiger partial charge in [0.05, 0.1) is 5.69 Å². The Bertz CT molecular complexity index is 745. The molecule has 2 fully saturated rings. The summed E-state index contributed by atoms with van der Waals surface area (Å²) in [6.45, 7) is 6.00. The number of carbonyl (C=O) groups is 1. The molecule has 2 aromatic rings. The van der Waals surface area contributed by atoms with Crippen LogP contribution in [0.1, 0.15) is 28.8 Å². The third-order valence-electron chi connectivity index (χ3n) is 5.81. The summed E-state index contributed by atoms with van der Waals surface area (Å²) in [5.41, 5.74) is 3.80. The molecule has 0 aliphatic carbocycles. The number of fused-ring (bicyclic) bond motifs is 1. The highest BCUT2D eigenvalue weighted by molar-refractivity contribution is 5.97. The highest BCUT2D eigenvalue weighted by atomic mass is 16.2. The largest absolute Gasteiger partial charge is 0.339 e. The van der Waals surface area contributed by atoms with Crippen LogP contribution >= 0.6 is 0 Å². The van der Waals surface area contributed by atoms with Crippen molar-refractivity contribution in [1.29, 1.82) is 0 Å². The molecule has 0 unspecified atom stereocenters. The van der Waals surface area contributed by atoms with Gasteiger partial charge in [-0.3, -0.25) is 9.78 Å². The van der Waals surface area contributed by atoms with E-state index in [2.05, 4.69) is 15.2 Å². The van der Waals surface area contributed by atoms with Crippen molar-refractivity contribution >= 4 is 5.91 Å². The highest BCUT2D eigenvalue weighted by Gasteiger charge is 2.32. The van der Waals surface area contributed by atoms with E-state index in [1.54, 1.807) is 6.20 Å². The third kappa shape index (κ3) is 3.19. The van der Waals surface area contributed by atoms with Crippen LogP contribution in [0, 0.1) is 18.8 Å². The maximum atomic E-state index is 13.2. The second-order valence-corrected chi connectivity index (χ2v) is 7.24. The lowest BCUT2D eigenvalue weighted by Crippen LogP contribution is -2.33. The van der Waals surface area contributed by atoms with Crippen molar-refractivity contribution in [2.75, 3.05) is 26.2 Å². The molecule has 4 nitrogen and oxygen atoms in total. The van der Waals surface area contributed by atoms with Gasteiger partial charge in [0.25, 0.3) is 5.91 Å². The van der Waals surface area contributed by atoms with Crippen molar-refractivity contribution in [3.8, 4) is 11.3 Å². The van der Waals surface area contributed by atoms with E-state index in [-0.39, 0.29) is 5.91 Å². The van der Waals surface area contributed by atoms with Crippen molar-refractivity contribution in [2.45, 2.75) is 19.8 Å². The minimum atomic E-state index is 0.170. The summed E-state index contributed by atoms with van der Waals surface area (Å²) in [6, 6.07) is 11.9. The number of likely N-dealkylation sites (tertiary alicyclic amines) is 1. The van der Waals surface area contributed by atoms with Crippen LogP contribution < -0.4 is 5.32 Å². The fourth-order valence-corrected chi connectivity index (χ4v) is 4.26. The van der Waals surface area contributed by atoms with E-state index in [9.17, 15) is 4.79 Å². The van der Waals surface area contributed by atoms with E-state index < -0.39 is 0 Å². The molecule has 1 aromatic carbocycles. The Kier molecular flexibility index (Phi) is 4.53. The van der Waals surface area contributed by atoms with Crippen LogP contribution in [0.15, 0.2) is 42.6 Å². The Morgan fingerprint density at radius 3 is 2.52 bits per heavy atom. The molecule has 0 spiro atoms. The summed E-state index contributed by atoms with van der Waals surface area (Å²) in [5.74, 6) is 1.64. The van der Waals surface area contributed by atoms with Crippen LogP contribution in [0.25, 0.3) is 11.3 Å². The summed E-state index contributed by atoms with van der Waals surface area (Å²) in [7, 11) is 0. The maximum absolute atomic E-state index is 13.2. The summed E-state index contributed by atoms with van der Waals surface area (Å²) in [6.07, 6.45) is 4.02. The van der Waals surface area contributed by atoms with Crippen molar-refractivity contribution in [3.63, 3.8) is 0 Å². The van der Waals surface area contributed by atoms with Crippen molar-refractivity contribution < 1.29 is 4.79 Å². The zero-order valence-corrected chi connectivity index (χ0v) is 14.7. The second-order valence-electron chi connectivity index (χ2n) is 7.24. The first-order valence-corrected chi connectivity index (χ1v) is 9.25. The number of amides is 1. The van der Waals surface area contributed by atoms with Crippen LogP contribution in [-0.2, 0) is 0 Å². The molecule has 4 rings (SSSR count). The Morgan fingerprint density at radius 1 is 1.08 bits per heavy atom. The Balaban J connectivity index is 1.58. The molecule has 1 aromatic heterocycles. The van der Waals surface area contributed by atoms with Gasteiger partial charge in [-0.2, -0.15) is 0 Å². The van der Waals surface area contributed by atoms with Gasteiger partial charge in [-0.15, -0.1) is 0 Å². The van der Waals surface area contributed by atoms with Gasteiger partial charge in [0, 0.05) is 30.4 Å². The predicted molar refractivity (Wildman–Crippen MR) is 99.4 cm³/mol. The molecule has 0 saturated carbocycles. The molecule has 3 heterocycles. The van der Waals surface area contributed by atoms with Gasteiger partial charge in [-0.25, -0.2) is 0 Å². The lowest BCUT2D eigenvalue weighted by atomic mass is 9.92. The number of aromatic nitrogens is 1. The van der Waals surface area contributed by atoms with Crippen molar-refractivity contribution in [3.05, 3.63) is 53.7 Å². The molecule has 2 saturated heterocycles. The van der Waals surface area contributed by atoms with Crippen LogP contribution in [-0.4, -0.2) is 42.0 Å². The van der Waals surface area contributed by atoms with Gasteiger partial charge in [-0.1, -0.05) is 18.2 Å². The Hall–Kier alpha value is -2.20. The van der Waals surface area contributed by atoms with Crippen LogP contribution in [0.3, 0.4) is 0 Å². The third-order valence-corrected chi connectivity index (χ3v) is 5.81. The molecule has 0 radical (unpaired) electrons. The quantitative estimate of drug-likeness (QED) is 0.917. The lowest BCUT2D eigenvalue weighted by Gasteiger charge is -2.22. The number of nitrogens with one attached hydrogen (secondary N) is 1. The number of hydrogen-bond donors (Lipinski definition) is 1. The minimum Gasteiger partial charge on any atom is -0.339 e. The number of rotatable bonds is 2. The molecule has 2 aliphatic rings. The molecule has 2 atom stereocenters. The summed E-state index contributed by atoms with van der Waals surface area (Å²) in [5, 5.41) is 3.49. The molecule has 130 valence electrons. The molecule has 0 bridgehead atoms.